The summed E-state index contributed by atoms with van der Waals surface area (Å²) >= 11 is 0. The summed E-state index contributed by atoms with van der Waals surface area (Å²) in [6, 6.07) is 5.21. The molecule has 6 nitrogen and oxygen atoms in total. The third kappa shape index (κ3) is 2.48. The lowest BCUT2D eigenvalue weighted by Gasteiger charge is -2.42. The topological polar surface area (TPSA) is 75.4 Å². The highest BCUT2D eigenvalue weighted by Crippen LogP contribution is 2.36. The minimum atomic E-state index is -0.0307. The number of carbonyl (C=O) groups excluding carboxylic acids is 1. The molecule has 2 aliphatic rings. The quantitative estimate of drug-likeness (QED) is 0.864. The zero-order valence-electron chi connectivity index (χ0n) is 13.5. The summed E-state index contributed by atoms with van der Waals surface area (Å²) in [6.45, 7) is 3.65. The van der Waals surface area contributed by atoms with Crippen LogP contribution in [0.4, 0.5) is 0 Å². The second kappa shape index (κ2) is 5.47. The van der Waals surface area contributed by atoms with E-state index < -0.39 is 0 Å². The lowest BCUT2D eigenvalue weighted by molar-refractivity contribution is -0.131. The van der Waals surface area contributed by atoms with E-state index in [1.807, 2.05) is 15.5 Å². The number of hydrogen-bond acceptors (Lipinski definition) is 4. The van der Waals surface area contributed by atoms with Crippen LogP contribution in [0.25, 0.3) is 11.1 Å². The second-order valence-corrected chi connectivity index (χ2v) is 6.77. The maximum Gasteiger partial charge on any atom is 0.251 e. The summed E-state index contributed by atoms with van der Waals surface area (Å²) in [5.41, 5.74) is 2.42. The van der Waals surface area contributed by atoms with Gasteiger partial charge < -0.3 is 14.6 Å². The van der Waals surface area contributed by atoms with Crippen molar-refractivity contribution in [3.05, 3.63) is 46.6 Å². The van der Waals surface area contributed by atoms with Crippen molar-refractivity contribution in [1.29, 1.82) is 0 Å². The molecule has 2 aromatic heterocycles. The average Bonchev–Trinajstić information content (AvgIpc) is 2.55. The third-order valence-corrected chi connectivity index (χ3v) is 5.06. The number of likely N-dealkylation sites (tertiary alicyclic amines) is 1. The molecule has 0 aromatic carbocycles. The highest BCUT2D eigenvalue weighted by atomic mass is 16.3. The molecule has 2 aliphatic heterocycles. The van der Waals surface area contributed by atoms with Gasteiger partial charge in [-0.2, -0.15) is 0 Å². The van der Waals surface area contributed by atoms with Crippen molar-refractivity contribution in [3.8, 4) is 16.9 Å². The molecular weight excluding hydrogens is 306 g/mol. The summed E-state index contributed by atoms with van der Waals surface area (Å²) < 4.78 is 1.84. The predicted molar refractivity (Wildman–Crippen MR) is 88.7 cm³/mol. The van der Waals surface area contributed by atoms with Gasteiger partial charge in [-0.25, -0.2) is 0 Å². The van der Waals surface area contributed by atoms with Crippen LogP contribution in [-0.4, -0.2) is 38.6 Å². The monoisotopic (exact) mass is 325 g/mol. The van der Waals surface area contributed by atoms with Crippen molar-refractivity contribution in [2.75, 3.05) is 13.1 Å². The Labute approximate surface area is 139 Å². The maximum atomic E-state index is 12.6. The molecular formula is C18H19N3O3. The van der Waals surface area contributed by atoms with E-state index in [1.165, 1.54) is 6.20 Å². The van der Waals surface area contributed by atoms with Crippen molar-refractivity contribution < 1.29 is 9.90 Å². The smallest absolute Gasteiger partial charge is 0.251 e. The Morgan fingerprint density at radius 2 is 2.00 bits per heavy atom. The van der Waals surface area contributed by atoms with Crippen molar-refractivity contribution in [1.82, 2.24) is 14.5 Å². The fourth-order valence-corrected chi connectivity index (χ4v) is 3.97. The molecule has 124 valence electrons. The number of aromatic hydroxyl groups is 1. The molecule has 2 atom stereocenters. The molecule has 2 bridgehead atoms. The van der Waals surface area contributed by atoms with E-state index in [4.69, 9.17) is 0 Å². The average molecular weight is 325 g/mol. The van der Waals surface area contributed by atoms with Gasteiger partial charge in [0.15, 0.2) is 0 Å². The molecule has 1 saturated heterocycles. The van der Waals surface area contributed by atoms with Gasteiger partial charge in [0.25, 0.3) is 5.56 Å². The van der Waals surface area contributed by atoms with Crippen LogP contribution in [-0.2, 0) is 11.3 Å². The highest BCUT2D eigenvalue weighted by molar-refractivity contribution is 5.73. The Morgan fingerprint density at radius 3 is 2.75 bits per heavy atom. The summed E-state index contributed by atoms with van der Waals surface area (Å²) in [5, 5.41) is 9.63. The molecule has 0 radical (unpaired) electrons. The van der Waals surface area contributed by atoms with Crippen LogP contribution >= 0.6 is 0 Å². The SMILES string of the molecule is CC(=O)N1C[C@@H]2C[C@H](C1)c1cc(-c3cncc(O)c3)cc(=O)n1C2. The van der Waals surface area contributed by atoms with Gasteiger partial charge in [-0.05, 0) is 30.0 Å². The van der Waals surface area contributed by atoms with Gasteiger partial charge in [0.05, 0.1) is 6.20 Å². The van der Waals surface area contributed by atoms with E-state index in [2.05, 4.69) is 4.98 Å². The first-order valence-electron chi connectivity index (χ1n) is 8.16. The summed E-state index contributed by atoms with van der Waals surface area (Å²) in [4.78, 5) is 30.2. The first kappa shape index (κ1) is 14.9. The minimum Gasteiger partial charge on any atom is -0.506 e. The number of hydrogen-bond donors (Lipinski definition) is 1. The van der Waals surface area contributed by atoms with Crippen LogP contribution in [0.2, 0.25) is 0 Å². The number of rotatable bonds is 1. The first-order chi connectivity index (χ1) is 11.5. The molecule has 2 aromatic rings. The zero-order valence-corrected chi connectivity index (χ0v) is 13.5. The highest BCUT2D eigenvalue weighted by Gasteiger charge is 2.35. The molecule has 4 heterocycles. The number of amides is 1. The summed E-state index contributed by atoms with van der Waals surface area (Å²) in [6.07, 6.45) is 4.01. The standard InChI is InChI=1S/C18H19N3O3/c1-11(22)20-8-12-2-15(10-20)17-4-13(5-18(24)21(17)9-12)14-3-16(23)7-19-6-14/h3-7,12,15,23H,2,8-10H2,1H3/t12-,15+/m0/s1. The second-order valence-electron chi connectivity index (χ2n) is 6.77. The number of carbonyl (C=O) groups is 1. The van der Waals surface area contributed by atoms with Crippen molar-refractivity contribution >= 4 is 5.91 Å². The normalized spacial score (nSPS) is 22.1. The van der Waals surface area contributed by atoms with Crippen molar-refractivity contribution in [3.63, 3.8) is 0 Å². The van der Waals surface area contributed by atoms with Crippen molar-refractivity contribution in [2.45, 2.75) is 25.8 Å². The number of aromatic nitrogens is 2. The van der Waals surface area contributed by atoms with Crippen LogP contribution in [0.15, 0.2) is 35.4 Å². The van der Waals surface area contributed by atoms with E-state index in [1.54, 1.807) is 25.3 Å². The molecule has 0 unspecified atom stereocenters. The van der Waals surface area contributed by atoms with Crippen molar-refractivity contribution in [2.24, 2.45) is 5.92 Å². The third-order valence-electron chi connectivity index (χ3n) is 5.06. The van der Waals surface area contributed by atoms with Gasteiger partial charge in [-0.3, -0.25) is 14.6 Å². The fourth-order valence-electron chi connectivity index (χ4n) is 3.97. The predicted octanol–water partition coefficient (Wildman–Crippen LogP) is 1.58. The Kier molecular flexibility index (Phi) is 3.40. The van der Waals surface area contributed by atoms with Gasteiger partial charge in [0.1, 0.15) is 5.75 Å². The number of fused-ring (bicyclic) bond motifs is 4. The van der Waals surface area contributed by atoms with Crippen LogP contribution in [0.3, 0.4) is 0 Å². The zero-order chi connectivity index (χ0) is 16.8. The van der Waals surface area contributed by atoms with Crippen LogP contribution in [0.1, 0.15) is 25.0 Å². The Morgan fingerprint density at radius 1 is 1.17 bits per heavy atom. The fraction of sp³-hybridized carbons (Fsp3) is 0.389. The molecule has 6 heteroatoms. The van der Waals surface area contributed by atoms with E-state index >= 15 is 0 Å². The molecule has 1 N–H and O–H groups in total. The Bertz CT molecular complexity index is 874. The number of nitrogens with zero attached hydrogens (tertiary/aromatic N) is 3. The van der Waals surface area contributed by atoms with Crippen LogP contribution < -0.4 is 5.56 Å². The molecule has 4 rings (SSSR count). The van der Waals surface area contributed by atoms with Crippen LogP contribution in [0, 0.1) is 5.92 Å². The van der Waals surface area contributed by atoms with Gasteiger partial charge in [0, 0.05) is 56.0 Å². The van der Waals surface area contributed by atoms with E-state index in [0.717, 1.165) is 29.8 Å². The molecule has 1 amide bonds. The van der Waals surface area contributed by atoms with E-state index in [-0.39, 0.29) is 23.1 Å². The molecule has 24 heavy (non-hydrogen) atoms. The lowest BCUT2D eigenvalue weighted by atomic mass is 9.82. The van der Waals surface area contributed by atoms with E-state index in [0.29, 0.717) is 19.0 Å². The summed E-state index contributed by atoms with van der Waals surface area (Å²) in [7, 11) is 0. The molecule has 0 saturated carbocycles. The molecule has 0 aliphatic carbocycles. The largest absolute Gasteiger partial charge is 0.506 e. The first-order valence-corrected chi connectivity index (χ1v) is 8.16. The van der Waals surface area contributed by atoms with Crippen LogP contribution in [0.5, 0.6) is 5.75 Å². The van der Waals surface area contributed by atoms with Gasteiger partial charge in [0.2, 0.25) is 5.91 Å². The Hall–Kier alpha value is -2.63. The minimum absolute atomic E-state index is 0.0307. The number of piperidine rings is 1. The Balaban J connectivity index is 1.79. The van der Waals surface area contributed by atoms with Gasteiger partial charge >= 0.3 is 0 Å². The molecule has 1 fully saturated rings. The number of pyridine rings is 2. The van der Waals surface area contributed by atoms with Gasteiger partial charge in [-0.1, -0.05) is 0 Å². The summed E-state index contributed by atoms with van der Waals surface area (Å²) in [5.74, 6) is 0.685. The maximum absolute atomic E-state index is 12.6. The van der Waals surface area contributed by atoms with Gasteiger partial charge in [-0.15, -0.1) is 0 Å². The van der Waals surface area contributed by atoms with E-state index in [9.17, 15) is 14.7 Å². The molecule has 0 spiro atoms. The lowest BCUT2D eigenvalue weighted by Crippen LogP contribution is -2.48.